The van der Waals surface area contributed by atoms with Crippen LogP contribution in [0.5, 0.6) is 5.75 Å². The van der Waals surface area contributed by atoms with E-state index in [0.717, 1.165) is 24.1 Å². The molecule has 1 atom stereocenters. The Kier molecular flexibility index (Phi) is 7.45. The average molecular weight is 317 g/mol. The number of hydrogen-bond acceptors (Lipinski definition) is 3. The van der Waals surface area contributed by atoms with E-state index in [4.69, 9.17) is 4.74 Å². The van der Waals surface area contributed by atoms with Crippen LogP contribution in [0.1, 0.15) is 29.2 Å². The maximum Gasteiger partial charge on any atom is 0.138 e. The van der Waals surface area contributed by atoms with Gasteiger partial charge < -0.3 is 10.1 Å². The van der Waals surface area contributed by atoms with E-state index in [0.29, 0.717) is 11.3 Å². The molecule has 116 valence electrons. The minimum atomic E-state index is -0.0625. The van der Waals surface area contributed by atoms with E-state index in [1.54, 1.807) is 0 Å². The monoisotopic (exact) mass is 316 g/mol. The Labute approximate surface area is 138 Å². The lowest BCUT2D eigenvalue weighted by molar-refractivity contribution is 0.194. The SMILES string of the molecule is CNCC[C@@H](Oc1cc(C)ccc1C#N)c1ccccc1.Cl. The maximum absolute atomic E-state index is 9.23. The first-order valence-corrected chi connectivity index (χ1v) is 7.11. The molecule has 1 N–H and O–H groups in total. The molecular formula is C18H21ClN2O. The number of halogens is 1. The molecule has 0 bridgehead atoms. The van der Waals surface area contributed by atoms with Gasteiger partial charge in [-0.15, -0.1) is 12.4 Å². The number of rotatable bonds is 6. The molecule has 22 heavy (non-hydrogen) atoms. The van der Waals surface area contributed by atoms with Gasteiger partial charge in [0.2, 0.25) is 0 Å². The molecule has 0 aromatic heterocycles. The predicted octanol–water partition coefficient (Wildman–Crippen LogP) is 4.02. The van der Waals surface area contributed by atoms with Crippen LogP contribution in [-0.4, -0.2) is 13.6 Å². The number of nitriles is 1. The molecule has 0 saturated carbocycles. The first-order valence-electron chi connectivity index (χ1n) is 7.11. The minimum Gasteiger partial charge on any atom is -0.484 e. The summed E-state index contributed by atoms with van der Waals surface area (Å²) in [4.78, 5) is 0. The van der Waals surface area contributed by atoms with Crippen molar-refractivity contribution in [1.29, 1.82) is 5.26 Å². The highest BCUT2D eigenvalue weighted by molar-refractivity contribution is 5.85. The summed E-state index contributed by atoms with van der Waals surface area (Å²) in [5, 5.41) is 12.4. The zero-order chi connectivity index (χ0) is 15.1. The molecule has 2 aromatic carbocycles. The van der Waals surface area contributed by atoms with Crippen LogP contribution in [0.15, 0.2) is 48.5 Å². The summed E-state index contributed by atoms with van der Waals surface area (Å²) in [7, 11) is 1.93. The fraction of sp³-hybridized carbons (Fsp3) is 0.278. The van der Waals surface area contributed by atoms with Crippen molar-refractivity contribution in [2.75, 3.05) is 13.6 Å². The Morgan fingerprint density at radius 2 is 1.91 bits per heavy atom. The zero-order valence-electron chi connectivity index (χ0n) is 12.9. The van der Waals surface area contributed by atoms with Crippen LogP contribution in [0.2, 0.25) is 0 Å². The van der Waals surface area contributed by atoms with E-state index in [1.807, 2.05) is 50.4 Å². The molecule has 0 aliphatic rings. The molecule has 3 nitrogen and oxygen atoms in total. The van der Waals surface area contributed by atoms with Gasteiger partial charge in [0.1, 0.15) is 17.9 Å². The Bertz CT molecular complexity index is 623. The van der Waals surface area contributed by atoms with Crippen LogP contribution in [0.25, 0.3) is 0 Å². The zero-order valence-corrected chi connectivity index (χ0v) is 13.7. The van der Waals surface area contributed by atoms with Gasteiger partial charge >= 0.3 is 0 Å². The molecule has 0 amide bonds. The van der Waals surface area contributed by atoms with Gasteiger partial charge in [0.25, 0.3) is 0 Å². The third kappa shape index (κ3) is 4.77. The molecule has 0 fully saturated rings. The molecule has 0 unspecified atom stereocenters. The van der Waals surface area contributed by atoms with Gasteiger partial charge in [-0.2, -0.15) is 5.26 Å². The largest absolute Gasteiger partial charge is 0.484 e. The molecule has 0 heterocycles. The quantitative estimate of drug-likeness (QED) is 0.875. The number of benzene rings is 2. The van der Waals surface area contributed by atoms with Gasteiger partial charge in [0.05, 0.1) is 5.56 Å². The van der Waals surface area contributed by atoms with Crippen LogP contribution in [0, 0.1) is 18.3 Å². The van der Waals surface area contributed by atoms with Crippen LogP contribution in [-0.2, 0) is 0 Å². The third-order valence-electron chi connectivity index (χ3n) is 3.35. The predicted molar refractivity (Wildman–Crippen MR) is 91.5 cm³/mol. The number of nitrogens with one attached hydrogen (secondary N) is 1. The van der Waals surface area contributed by atoms with E-state index in [9.17, 15) is 5.26 Å². The topological polar surface area (TPSA) is 45.0 Å². The molecule has 0 aliphatic heterocycles. The summed E-state index contributed by atoms with van der Waals surface area (Å²) in [6.45, 7) is 2.85. The summed E-state index contributed by atoms with van der Waals surface area (Å²) in [6, 6.07) is 18.0. The van der Waals surface area contributed by atoms with Crippen molar-refractivity contribution in [3.8, 4) is 11.8 Å². The van der Waals surface area contributed by atoms with Gasteiger partial charge in [-0.25, -0.2) is 0 Å². The lowest BCUT2D eigenvalue weighted by Gasteiger charge is -2.20. The normalized spacial score (nSPS) is 11.1. The average Bonchev–Trinajstić information content (AvgIpc) is 2.52. The van der Waals surface area contributed by atoms with Gasteiger partial charge in [0.15, 0.2) is 0 Å². The maximum atomic E-state index is 9.23. The Hall–Kier alpha value is -2.02. The van der Waals surface area contributed by atoms with Crippen molar-refractivity contribution in [3.63, 3.8) is 0 Å². The fourth-order valence-corrected chi connectivity index (χ4v) is 2.21. The molecule has 4 heteroatoms. The number of nitrogens with zero attached hydrogens (tertiary/aromatic N) is 1. The Morgan fingerprint density at radius 3 is 2.55 bits per heavy atom. The highest BCUT2D eigenvalue weighted by Gasteiger charge is 2.15. The highest BCUT2D eigenvalue weighted by Crippen LogP contribution is 2.28. The van der Waals surface area contributed by atoms with Crippen LogP contribution >= 0.6 is 12.4 Å². The lowest BCUT2D eigenvalue weighted by atomic mass is 10.1. The van der Waals surface area contributed by atoms with E-state index >= 15 is 0 Å². The second-order valence-electron chi connectivity index (χ2n) is 5.02. The summed E-state index contributed by atoms with van der Waals surface area (Å²) in [6.07, 6.45) is 0.784. The third-order valence-corrected chi connectivity index (χ3v) is 3.35. The summed E-state index contributed by atoms with van der Waals surface area (Å²) >= 11 is 0. The summed E-state index contributed by atoms with van der Waals surface area (Å²) < 4.78 is 6.14. The molecule has 0 saturated heterocycles. The van der Waals surface area contributed by atoms with Crippen LogP contribution in [0.4, 0.5) is 0 Å². The van der Waals surface area contributed by atoms with Gasteiger partial charge in [-0.3, -0.25) is 0 Å². The summed E-state index contributed by atoms with van der Waals surface area (Å²) in [5.74, 6) is 0.655. The number of ether oxygens (including phenoxy) is 1. The van der Waals surface area contributed by atoms with Gasteiger partial charge in [-0.05, 0) is 43.8 Å². The molecule has 2 aromatic rings. The highest BCUT2D eigenvalue weighted by atomic mass is 35.5. The second kappa shape index (κ2) is 9.09. The van der Waals surface area contributed by atoms with E-state index in [-0.39, 0.29) is 18.5 Å². The standard InChI is InChI=1S/C18H20N2O.ClH/c1-14-8-9-16(13-19)18(12-14)21-17(10-11-20-2)15-6-4-3-5-7-15;/h3-9,12,17,20H,10-11H2,1-2H3;1H/t17-;/m1./s1. The van der Waals surface area contributed by atoms with Gasteiger partial charge in [-0.1, -0.05) is 36.4 Å². The molecule has 0 aliphatic carbocycles. The molecule has 0 spiro atoms. The molecule has 2 rings (SSSR count). The second-order valence-corrected chi connectivity index (χ2v) is 5.02. The Morgan fingerprint density at radius 1 is 1.18 bits per heavy atom. The van der Waals surface area contributed by atoms with E-state index < -0.39 is 0 Å². The van der Waals surface area contributed by atoms with E-state index in [2.05, 4.69) is 23.5 Å². The van der Waals surface area contributed by atoms with Crippen LogP contribution < -0.4 is 10.1 Å². The van der Waals surface area contributed by atoms with Crippen molar-refractivity contribution in [1.82, 2.24) is 5.32 Å². The van der Waals surface area contributed by atoms with Crippen molar-refractivity contribution in [2.45, 2.75) is 19.4 Å². The van der Waals surface area contributed by atoms with Crippen molar-refractivity contribution < 1.29 is 4.74 Å². The first kappa shape index (κ1) is 18.0. The van der Waals surface area contributed by atoms with E-state index in [1.165, 1.54) is 0 Å². The van der Waals surface area contributed by atoms with Crippen molar-refractivity contribution in [2.24, 2.45) is 0 Å². The first-order chi connectivity index (χ1) is 10.2. The molecule has 0 radical (unpaired) electrons. The molecular weight excluding hydrogens is 296 g/mol. The lowest BCUT2D eigenvalue weighted by Crippen LogP contribution is -2.16. The smallest absolute Gasteiger partial charge is 0.138 e. The number of hydrogen-bond donors (Lipinski definition) is 1. The Balaban J connectivity index is 0.00000242. The van der Waals surface area contributed by atoms with Crippen LogP contribution in [0.3, 0.4) is 0 Å². The fourth-order valence-electron chi connectivity index (χ4n) is 2.21. The minimum absolute atomic E-state index is 0. The number of aryl methyl sites for hydroxylation is 1. The summed E-state index contributed by atoms with van der Waals surface area (Å²) in [5.41, 5.74) is 2.79. The van der Waals surface area contributed by atoms with Crippen molar-refractivity contribution >= 4 is 12.4 Å². The van der Waals surface area contributed by atoms with Gasteiger partial charge in [0, 0.05) is 6.42 Å². The van der Waals surface area contributed by atoms with Crippen molar-refractivity contribution in [3.05, 3.63) is 65.2 Å².